The minimum atomic E-state index is -0.486. The highest BCUT2D eigenvalue weighted by atomic mass is 16.5. The Morgan fingerprint density at radius 3 is 2.30 bits per heavy atom. The fourth-order valence-electron chi connectivity index (χ4n) is 4.42. The van der Waals surface area contributed by atoms with Gasteiger partial charge in [-0.3, -0.25) is 9.69 Å². The maximum absolute atomic E-state index is 13.6. The summed E-state index contributed by atoms with van der Waals surface area (Å²) in [6.07, 6.45) is 1.82. The lowest BCUT2D eigenvalue weighted by molar-refractivity contribution is -0.138. The van der Waals surface area contributed by atoms with Crippen LogP contribution in [0.15, 0.2) is 77.5 Å². The highest BCUT2D eigenvalue weighted by Crippen LogP contribution is 2.36. The number of hydrogen-bond donors (Lipinski definition) is 0. The molecule has 2 aromatic carbocycles. The molecule has 0 saturated heterocycles. The largest absolute Gasteiger partial charge is 0.462 e. The first kappa shape index (κ1) is 22.3. The first-order valence-corrected chi connectivity index (χ1v) is 11.1. The van der Waals surface area contributed by atoms with Crippen LogP contribution >= 0.6 is 0 Å². The number of carbonyl (C=O) groups excluding carboxylic acids is 2. The third-order valence-corrected chi connectivity index (χ3v) is 5.92. The van der Waals surface area contributed by atoms with Crippen LogP contribution in [0.5, 0.6) is 0 Å². The van der Waals surface area contributed by atoms with Gasteiger partial charge in [0.1, 0.15) is 0 Å². The number of nitrogens with zero attached hydrogens (tertiary/aromatic N) is 2. The lowest BCUT2D eigenvalue weighted by atomic mass is 10.0. The molecule has 0 saturated carbocycles. The Bertz CT molecular complexity index is 1300. The molecular formula is C28H28N2O3. The van der Waals surface area contributed by atoms with Crippen LogP contribution in [-0.2, 0) is 14.3 Å². The van der Waals surface area contributed by atoms with Gasteiger partial charge >= 0.3 is 5.97 Å². The van der Waals surface area contributed by atoms with Gasteiger partial charge in [0.2, 0.25) is 0 Å². The predicted octanol–water partition coefficient (Wildman–Crippen LogP) is 5.67. The highest BCUT2D eigenvalue weighted by molar-refractivity contribution is 6.23. The fourth-order valence-corrected chi connectivity index (χ4v) is 4.42. The molecule has 5 heteroatoms. The molecule has 1 aliphatic rings. The molecule has 168 valence electrons. The van der Waals surface area contributed by atoms with Gasteiger partial charge in [0, 0.05) is 28.5 Å². The normalized spacial score (nSPS) is 15.0. The maximum atomic E-state index is 13.6. The van der Waals surface area contributed by atoms with E-state index in [1.165, 1.54) is 5.56 Å². The molecule has 1 amide bonds. The van der Waals surface area contributed by atoms with Gasteiger partial charge in [-0.25, -0.2) is 4.79 Å². The van der Waals surface area contributed by atoms with E-state index in [9.17, 15) is 9.59 Å². The van der Waals surface area contributed by atoms with E-state index in [0.29, 0.717) is 16.8 Å². The van der Waals surface area contributed by atoms with E-state index < -0.39 is 5.97 Å². The first-order valence-electron chi connectivity index (χ1n) is 11.1. The summed E-state index contributed by atoms with van der Waals surface area (Å²) in [6.45, 7) is 9.92. The fraction of sp³-hybridized carbons (Fsp3) is 0.214. The van der Waals surface area contributed by atoms with E-state index in [2.05, 4.69) is 29.7 Å². The Labute approximate surface area is 194 Å². The van der Waals surface area contributed by atoms with E-state index in [-0.39, 0.29) is 12.5 Å². The Morgan fingerprint density at radius 1 is 0.939 bits per heavy atom. The van der Waals surface area contributed by atoms with Gasteiger partial charge in [-0.1, -0.05) is 30.3 Å². The summed E-state index contributed by atoms with van der Waals surface area (Å²) in [5.41, 5.74) is 7.13. The molecule has 3 aromatic rings. The van der Waals surface area contributed by atoms with Gasteiger partial charge < -0.3 is 9.30 Å². The van der Waals surface area contributed by atoms with Gasteiger partial charge in [0.05, 0.1) is 17.8 Å². The van der Waals surface area contributed by atoms with Crippen LogP contribution in [-0.4, -0.2) is 23.1 Å². The van der Waals surface area contributed by atoms with Crippen LogP contribution in [0.2, 0.25) is 0 Å². The highest BCUT2D eigenvalue weighted by Gasteiger charge is 2.38. The average Bonchev–Trinajstić information content (AvgIpc) is 3.20. The number of esters is 1. The van der Waals surface area contributed by atoms with Crippen molar-refractivity contribution < 1.29 is 14.3 Å². The number of rotatable bonds is 5. The lowest BCUT2D eigenvalue weighted by Gasteiger charge is -2.17. The molecule has 2 heterocycles. The average molecular weight is 441 g/mol. The molecule has 1 aliphatic heterocycles. The number of anilines is 1. The number of hydrogen-bond acceptors (Lipinski definition) is 3. The SMILES string of the molecule is CCOC(=O)C1=C(C)N(c2ccccc2)C(=O)/C1=C\c1cc(C)n(-c2cccc(C)c2)c1C. The second kappa shape index (κ2) is 8.94. The second-order valence-electron chi connectivity index (χ2n) is 8.22. The van der Waals surface area contributed by atoms with Crippen molar-refractivity contribution in [2.45, 2.75) is 34.6 Å². The zero-order valence-corrected chi connectivity index (χ0v) is 19.7. The lowest BCUT2D eigenvalue weighted by Crippen LogP contribution is -2.24. The molecule has 0 N–H and O–H groups in total. The number of aryl methyl sites for hydroxylation is 2. The second-order valence-corrected chi connectivity index (χ2v) is 8.22. The summed E-state index contributed by atoms with van der Waals surface area (Å²) in [5.74, 6) is -0.720. The molecule has 0 bridgehead atoms. The topological polar surface area (TPSA) is 51.5 Å². The number of para-hydroxylation sites is 1. The summed E-state index contributed by atoms with van der Waals surface area (Å²) < 4.78 is 7.48. The molecule has 1 aromatic heterocycles. The Kier molecular flexibility index (Phi) is 6.05. The Balaban J connectivity index is 1.85. The van der Waals surface area contributed by atoms with Crippen LogP contribution in [0.3, 0.4) is 0 Å². The van der Waals surface area contributed by atoms with Crippen molar-refractivity contribution in [3.8, 4) is 5.69 Å². The standard InChI is InChI=1S/C28H28N2O3/c1-6-33-28(32)26-21(5)30(23-12-8-7-9-13-23)27(31)25(26)17-22-16-19(3)29(20(22)4)24-14-10-11-18(2)15-24/h7-17H,6H2,1-5H3/b25-17-. The summed E-state index contributed by atoms with van der Waals surface area (Å²) >= 11 is 0. The van der Waals surface area contributed by atoms with Crippen LogP contribution < -0.4 is 4.90 Å². The summed E-state index contributed by atoms with van der Waals surface area (Å²) in [4.78, 5) is 28.0. The zero-order chi connectivity index (χ0) is 23.7. The van der Waals surface area contributed by atoms with Crippen LogP contribution in [0.1, 0.15) is 36.4 Å². The molecule has 0 atom stereocenters. The van der Waals surface area contributed by atoms with E-state index in [1.54, 1.807) is 18.7 Å². The minimum Gasteiger partial charge on any atom is -0.462 e. The van der Waals surface area contributed by atoms with E-state index >= 15 is 0 Å². The van der Waals surface area contributed by atoms with Gasteiger partial charge in [0.15, 0.2) is 0 Å². The predicted molar refractivity (Wildman–Crippen MR) is 131 cm³/mol. The zero-order valence-electron chi connectivity index (χ0n) is 19.7. The number of aromatic nitrogens is 1. The summed E-state index contributed by atoms with van der Waals surface area (Å²) in [6, 6.07) is 19.7. The van der Waals surface area contributed by atoms with E-state index in [1.807, 2.05) is 62.4 Å². The molecule has 0 aliphatic carbocycles. The van der Waals surface area contributed by atoms with Crippen LogP contribution in [0, 0.1) is 20.8 Å². The quantitative estimate of drug-likeness (QED) is 0.379. The number of allylic oxidation sites excluding steroid dienone is 1. The molecule has 4 rings (SSSR count). The molecular weight excluding hydrogens is 412 g/mol. The molecule has 0 spiro atoms. The molecule has 33 heavy (non-hydrogen) atoms. The van der Waals surface area contributed by atoms with Crippen molar-refractivity contribution in [1.29, 1.82) is 0 Å². The van der Waals surface area contributed by atoms with Crippen molar-refractivity contribution in [2.75, 3.05) is 11.5 Å². The molecule has 5 nitrogen and oxygen atoms in total. The van der Waals surface area contributed by atoms with Crippen molar-refractivity contribution in [2.24, 2.45) is 0 Å². The van der Waals surface area contributed by atoms with Crippen molar-refractivity contribution in [3.63, 3.8) is 0 Å². The smallest absolute Gasteiger partial charge is 0.340 e. The third-order valence-electron chi connectivity index (χ3n) is 5.92. The first-order chi connectivity index (χ1) is 15.8. The van der Waals surface area contributed by atoms with E-state index in [4.69, 9.17) is 4.74 Å². The number of amides is 1. The Hall–Kier alpha value is -3.86. The van der Waals surface area contributed by atoms with Gasteiger partial charge in [0.25, 0.3) is 5.91 Å². The van der Waals surface area contributed by atoms with E-state index in [0.717, 1.165) is 28.3 Å². The van der Waals surface area contributed by atoms with Crippen LogP contribution in [0.4, 0.5) is 5.69 Å². The molecule has 0 radical (unpaired) electrons. The van der Waals surface area contributed by atoms with Crippen molar-refractivity contribution in [3.05, 3.63) is 100 Å². The Morgan fingerprint density at radius 2 is 1.64 bits per heavy atom. The third kappa shape index (κ3) is 4.02. The van der Waals surface area contributed by atoms with Crippen molar-refractivity contribution >= 4 is 23.6 Å². The summed E-state index contributed by atoms with van der Waals surface area (Å²) in [7, 11) is 0. The summed E-state index contributed by atoms with van der Waals surface area (Å²) in [5, 5.41) is 0. The molecule has 0 fully saturated rings. The van der Waals surface area contributed by atoms with Gasteiger partial charge in [-0.2, -0.15) is 0 Å². The van der Waals surface area contributed by atoms with Crippen LogP contribution in [0.25, 0.3) is 11.8 Å². The number of benzene rings is 2. The minimum absolute atomic E-state index is 0.234. The maximum Gasteiger partial charge on any atom is 0.340 e. The van der Waals surface area contributed by atoms with Crippen molar-refractivity contribution in [1.82, 2.24) is 4.57 Å². The number of ether oxygens (including phenoxy) is 1. The van der Waals surface area contributed by atoms with Gasteiger partial charge in [-0.05, 0) is 82.2 Å². The molecule has 0 unspecified atom stereocenters. The monoisotopic (exact) mass is 440 g/mol. The number of carbonyl (C=O) groups is 2. The van der Waals surface area contributed by atoms with Gasteiger partial charge in [-0.15, -0.1) is 0 Å².